The van der Waals surface area contributed by atoms with Gasteiger partial charge in [-0.2, -0.15) is 0 Å². The van der Waals surface area contributed by atoms with Crippen LogP contribution in [0.4, 0.5) is 0 Å². The van der Waals surface area contributed by atoms with E-state index < -0.39 is 0 Å². The van der Waals surface area contributed by atoms with E-state index in [9.17, 15) is 0 Å². The van der Waals surface area contributed by atoms with E-state index in [0.717, 1.165) is 22.4 Å². The second-order valence-electron chi connectivity index (χ2n) is 3.59. The van der Waals surface area contributed by atoms with Crippen molar-refractivity contribution < 1.29 is 0 Å². The fraction of sp³-hybridized carbons (Fsp3) is 0.0909. The average molecular weight is 226 g/mol. The van der Waals surface area contributed by atoms with Crippen LogP contribution in [0, 0.1) is 0 Å². The summed E-state index contributed by atoms with van der Waals surface area (Å²) >= 11 is 0. The molecular weight excluding hydrogens is 216 g/mol. The standard InChI is InChI=1S/C11H10N6/c12-6-8-7-17(16-15-8)9-1-2-10-11(5-9)14-4-3-13-10/h1-5,7H,6,12H2. The lowest BCUT2D eigenvalue weighted by molar-refractivity contribution is 0.797. The third kappa shape index (κ3) is 1.74. The van der Waals surface area contributed by atoms with Crippen LogP contribution in [0.25, 0.3) is 16.7 Å². The Morgan fingerprint density at radius 1 is 1.12 bits per heavy atom. The molecule has 0 aliphatic rings. The van der Waals surface area contributed by atoms with Gasteiger partial charge in [0.25, 0.3) is 0 Å². The van der Waals surface area contributed by atoms with E-state index in [4.69, 9.17) is 5.73 Å². The van der Waals surface area contributed by atoms with Crippen molar-refractivity contribution in [2.24, 2.45) is 5.73 Å². The Morgan fingerprint density at radius 3 is 2.71 bits per heavy atom. The zero-order valence-corrected chi connectivity index (χ0v) is 8.98. The van der Waals surface area contributed by atoms with Crippen LogP contribution in [0.5, 0.6) is 0 Å². The van der Waals surface area contributed by atoms with Crippen LogP contribution in [-0.2, 0) is 6.54 Å². The lowest BCUT2D eigenvalue weighted by atomic mass is 10.2. The summed E-state index contributed by atoms with van der Waals surface area (Å²) in [6.45, 7) is 0.382. The maximum absolute atomic E-state index is 5.49. The summed E-state index contributed by atoms with van der Waals surface area (Å²) in [4.78, 5) is 8.46. The minimum Gasteiger partial charge on any atom is -0.325 e. The van der Waals surface area contributed by atoms with Crippen molar-refractivity contribution in [1.29, 1.82) is 0 Å². The van der Waals surface area contributed by atoms with Crippen LogP contribution >= 0.6 is 0 Å². The molecule has 0 saturated heterocycles. The van der Waals surface area contributed by atoms with Gasteiger partial charge in [-0.1, -0.05) is 5.21 Å². The normalized spacial score (nSPS) is 10.9. The lowest BCUT2D eigenvalue weighted by Crippen LogP contribution is -1.96. The van der Waals surface area contributed by atoms with Crippen LogP contribution < -0.4 is 5.73 Å². The van der Waals surface area contributed by atoms with Crippen molar-refractivity contribution >= 4 is 11.0 Å². The van der Waals surface area contributed by atoms with E-state index in [1.54, 1.807) is 23.3 Å². The maximum Gasteiger partial charge on any atom is 0.0967 e. The predicted molar refractivity (Wildman–Crippen MR) is 62.3 cm³/mol. The second-order valence-corrected chi connectivity index (χ2v) is 3.59. The highest BCUT2D eigenvalue weighted by atomic mass is 15.4. The summed E-state index contributed by atoms with van der Waals surface area (Å²) in [6, 6.07) is 5.74. The highest BCUT2D eigenvalue weighted by molar-refractivity contribution is 5.76. The first-order chi connectivity index (χ1) is 8.36. The Labute approximate surface area is 97.1 Å². The van der Waals surface area contributed by atoms with Crippen LogP contribution in [0.2, 0.25) is 0 Å². The quantitative estimate of drug-likeness (QED) is 0.694. The molecule has 1 aromatic carbocycles. The molecule has 3 rings (SSSR count). The molecule has 0 amide bonds. The van der Waals surface area contributed by atoms with Crippen molar-refractivity contribution in [2.45, 2.75) is 6.54 Å². The zero-order chi connectivity index (χ0) is 11.7. The first-order valence-corrected chi connectivity index (χ1v) is 5.19. The van der Waals surface area contributed by atoms with Crippen molar-refractivity contribution in [3.05, 3.63) is 42.5 Å². The van der Waals surface area contributed by atoms with Gasteiger partial charge in [0.05, 0.1) is 28.6 Å². The van der Waals surface area contributed by atoms with Crippen LogP contribution in [-0.4, -0.2) is 25.0 Å². The maximum atomic E-state index is 5.49. The monoisotopic (exact) mass is 226 g/mol. The molecular formula is C11H10N6. The zero-order valence-electron chi connectivity index (χ0n) is 8.98. The van der Waals surface area contributed by atoms with Crippen molar-refractivity contribution in [3.8, 4) is 5.69 Å². The summed E-state index contributed by atoms with van der Waals surface area (Å²) in [5.74, 6) is 0. The van der Waals surface area contributed by atoms with E-state index in [-0.39, 0.29) is 0 Å². The van der Waals surface area contributed by atoms with Crippen LogP contribution in [0.1, 0.15) is 5.69 Å². The number of nitrogens with two attached hydrogens (primary N) is 1. The molecule has 6 nitrogen and oxygen atoms in total. The number of nitrogens with zero attached hydrogens (tertiary/aromatic N) is 5. The topological polar surface area (TPSA) is 82.5 Å². The number of rotatable bonds is 2. The van der Waals surface area contributed by atoms with Gasteiger partial charge >= 0.3 is 0 Å². The molecule has 3 aromatic rings. The fourth-order valence-corrected chi connectivity index (χ4v) is 1.61. The number of fused-ring (bicyclic) bond motifs is 1. The van der Waals surface area contributed by atoms with Crippen LogP contribution in [0.3, 0.4) is 0 Å². The van der Waals surface area contributed by atoms with E-state index in [1.165, 1.54) is 0 Å². The molecule has 6 heteroatoms. The van der Waals surface area contributed by atoms with Gasteiger partial charge in [0.2, 0.25) is 0 Å². The molecule has 0 radical (unpaired) electrons. The van der Waals surface area contributed by atoms with Gasteiger partial charge in [-0.15, -0.1) is 5.10 Å². The summed E-state index contributed by atoms with van der Waals surface area (Å²) in [7, 11) is 0. The third-order valence-corrected chi connectivity index (χ3v) is 2.47. The fourth-order valence-electron chi connectivity index (χ4n) is 1.61. The number of benzene rings is 1. The lowest BCUT2D eigenvalue weighted by Gasteiger charge is -2.01. The Bertz CT molecular complexity index is 660. The average Bonchev–Trinajstić information content (AvgIpc) is 2.87. The molecule has 2 aromatic heterocycles. The molecule has 0 fully saturated rings. The third-order valence-electron chi connectivity index (χ3n) is 2.47. The van der Waals surface area contributed by atoms with Gasteiger partial charge in [-0.05, 0) is 18.2 Å². The predicted octanol–water partition coefficient (Wildman–Crippen LogP) is 0.669. The Balaban J connectivity index is 2.11. The minimum absolute atomic E-state index is 0.382. The van der Waals surface area contributed by atoms with Gasteiger partial charge in [-0.3, -0.25) is 9.97 Å². The van der Waals surface area contributed by atoms with Crippen molar-refractivity contribution in [2.75, 3.05) is 0 Å². The molecule has 2 heterocycles. The number of aromatic nitrogens is 5. The van der Waals surface area contributed by atoms with E-state index in [2.05, 4.69) is 20.3 Å². The number of hydrogen-bond acceptors (Lipinski definition) is 5. The first-order valence-electron chi connectivity index (χ1n) is 5.19. The minimum atomic E-state index is 0.382. The smallest absolute Gasteiger partial charge is 0.0967 e. The second kappa shape index (κ2) is 3.91. The summed E-state index contributed by atoms with van der Waals surface area (Å²) in [6.07, 6.45) is 5.14. The Kier molecular flexibility index (Phi) is 2.27. The molecule has 2 N–H and O–H groups in total. The van der Waals surface area contributed by atoms with Gasteiger partial charge in [0.1, 0.15) is 0 Å². The van der Waals surface area contributed by atoms with Gasteiger partial charge < -0.3 is 5.73 Å². The molecule has 0 spiro atoms. The van der Waals surface area contributed by atoms with Crippen LogP contribution in [0.15, 0.2) is 36.8 Å². The highest BCUT2D eigenvalue weighted by Crippen LogP contribution is 2.13. The molecule has 0 atom stereocenters. The molecule has 0 saturated carbocycles. The summed E-state index contributed by atoms with van der Waals surface area (Å²) < 4.78 is 1.68. The molecule has 17 heavy (non-hydrogen) atoms. The Morgan fingerprint density at radius 2 is 1.94 bits per heavy atom. The van der Waals surface area contributed by atoms with E-state index in [1.807, 2.05) is 18.2 Å². The molecule has 0 bridgehead atoms. The van der Waals surface area contributed by atoms with Crippen molar-refractivity contribution in [1.82, 2.24) is 25.0 Å². The first kappa shape index (κ1) is 9.86. The van der Waals surface area contributed by atoms with Gasteiger partial charge in [0.15, 0.2) is 0 Å². The Hall–Kier alpha value is -2.34. The van der Waals surface area contributed by atoms with Crippen molar-refractivity contribution in [3.63, 3.8) is 0 Å². The summed E-state index contributed by atoms with van der Waals surface area (Å²) in [5, 5.41) is 7.95. The van der Waals surface area contributed by atoms with E-state index in [0.29, 0.717) is 6.54 Å². The summed E-state index contributed by atoms with van der Waals surface area (Å²) in [5.41, 5.74) is 8.83. The molecule has 0 aliphatic carbocycles. The molecule has 0 aliphatic heterocycles. The molecule has 84 valence electrons. The SMILES string of the molecule is NCc1cn(-c2ccc3nccnc3c2)nn1. The van der Waals surface area contributed by atoms with Gasteiger partial charge in [-0.25, -0.2) is 4.68 Å². The van der Waals surface area contributed by atoms with E-state index >= 15 is 0 Å². The largest absolute Gasteiger partial charge is 0.325 e. The highest BCUT2D eigenvalue weighted by Gasteiger charge is 2.03. The molecule has 0 unspecified atom stereocenters. The van der Waals surface area contributed by atoms with Gasteiger partial charge in [0, 0.05) is 18.9 Å². The number of hydrogen-bond donors (Lipinski definition) is 1.